The SMILES string of the molecule is COc1cc2c(C)c(CC(=O)Nc3ccc(Cl)cn3)c(=O)oc2cc1O. The van der Waals surface area contributed by atoms with Gasteiger partial charge in [-0.25, -0.2) is 9.78 Å². The van der Waals surface area contributed by atoms with Crippen LogP contribution in [0.5, 0.6) is 11.5 Å². The third-order valence-corrected chi connectivity index (χ3v) is 4.14. The predicted octanol–water partition coefficient (Wildman–Crippen LogP) is 3.05. The van der Waals surface area contributed by atoms with E-state index in [0.717, 1.165) is 0 Å². The summed E-state index contributed by atoms with van der Waals surface area (Å²) in [6, 6.07) is 6.03. The number of fused-ring (bicyclic) bond motifs is 1. The molecule has 0 aliphatic heterocycles. The van der Waals surface area contributed by atoms with Crippen molar-refractivity contribution >= 4 is 34.3 Å². The van der Waals surface area contributed by atoms with Crippen molar-refractivity contribution in [3.8, 4) is 11.5 Å². The van der Waals surface area contributed by atoms with E-state index in [2.05, 4.69) is 10.3 Å². The number of phenolic OH excluding ortho intramolecular Hbond substituents is 1. The minimum Gasteiger partial charge on any atom is -0.504 e. The van der Waals surface area contributed by atoms with Crippen LogP contribution >= 0.6 is 11.6 Å². The molecule has 0 aliphatic rings. The van der Waals surface area contributed by atoms with Crippen molar-refractivity contribution in [2.45, 2.75) is 13.3 Å². The Morgan fingerprint density at radius 3 is 2.81 bits per heavy atom. The fraction of sp³-hybridized carbons (Fsp3) is 0.167. The number of carbonyl (C=O) groups excluding carboxylic acids is 1. The van der Waals surface area contributed by atoms with Gasteiger partial charge in [-0.2, -0.15) is 0 Å². The normalized spacial score (nSPS) is 10.7. The summed E-state index contributed by atoms with van der Waals surface area (Å²) in [6.07, 6.45) is 1.23. The van der Waals surface area contributed by atoms with Gasteiger partial charge in [-0.1, -0.05) is 11.6 Å². The van der Waals surface area contributed by atoms with Crippen molar-refractivity contribution in [2.24, 2.45) is 0 Å². The monoisotopic (exact) mass is 374 g/mol. The molecule has 134 valence electrons. The maximum Gasteiger partial charge on any atom is 0.340 e. The number of aromatic hydroxyl groups is 1. The van der Waals surface area contributed by atoms with Crippen molar-refractivity contribution in [1.29, 1.82) is 0 Å². The largest absolute Gasteiger partial charge is 0.504 e. The van der Waals surface area contributed by atoms with Gasteiger partial charge in [-0.15, -0.1) is 0 Å². The van der Waals surface area contributed by atoms with Crippen molar-refractivity contribution in [3.05, 3.63) is 57.0 Å². The first-order valence-corrected chi connectivity index (χ1v) is 8.01. The molecule has 3 rings (SSSR count). The zero-order chi connectivity index (χ0) is 18.8. The van der Waals surface area contributed by atoms with E-state index in [1.807, 2.05) is 0 Å². The number of anilines is 1. The van der Waals surface area contributed by atoms with Crippen LogP contribution < -0.4 is 15.7 Å². The molecule has 0 unspecified atom stereocenters. The van der Waals surface area contributed by atoms with Crippen molar-refractivity contribution in [3.63, 3.8) is 0 Å². The number of phenols is 1. The Bertz CT molecular complexity index is 1040. The summed E-state index contributed by atoms with van der Waals surface area (Å²) in [6.45, 7) is 1.71. The highest BCUT2D eigenvalue weighted by molar-refractivity contribution is 6.30. The second-order valence-corrected chi connectivity index (χ2v) is 6.04. The number of hydrogen-bond acceptors (Lipinski definition) is 6. The molecule has 0 bridgehead atoms. The summed E-state index contributed by atoms with van der Waals surface area (Å²) < 4.78 is 10.3. The number of aryl methyl sites for hydroxylation is 1. The fourth-order valence-electron chi connectivity index (χ4n) is 2.57. The van der Waals surface area contributed by atoms with Crippen LogP contribution in [0.2, 0.25) is 5.02 Å². The molecule has 0 spiro atoms. The number of carbonyl (C=O) groups is 1. The highest BCUT2D eigenvalue weighted by Gasteiger charge is 2.17. The molecule has 0 fully saturated rings. The van der Waals surface area contributed by atoms with E-state index in [-0.39, 0.29) is 29.1 Å². The molecule has 26 heavy (non-hydrogen) atoms. The van der Waals surface area contributed by atoms with E-state index >= 15 is 0 Å². The molecular weight excluding hydrogens is 360 g/mol. The van der Waals surface area contributed by atoms with Gasteiger partial charge in [0.05, 0.1) is 24.1 Å². The van der Waals surface area contributed by atoms with Gasteiger partial charge >= 0.3 is 5.63 Å². The zero-order valence-electron chi connectivity index (χ0n) is 14.0. The number of nitrogens with one attached hydrogen (secondary N) is 1. The summed E-state index contributed by atoms with van der Waals surface area (Å²) in [5.74, 6) is 0.0196. The maximum absolute atomic E-state index is 12.3. The van der Waals surface area contributed by atoms with Gasteiger partial charge in [-0.3, -0.25) is 4.79 Å². The van der Waals surface area contributed by atoms with Crippen LogP contribution in [0.25, 0.3) is 11.0 Å². The number of pyridine rings is 1. The highest BCUT2D eigenvalue weighted by Crippen LogP contribution is 2.32. The molecule has 8 heteroatoms. The molecule has 0 aliphatic carbocycles. The van der Waals surface area contributed by atoms with Crippen LogP contribution in [0.3, 0.4) is 0 Å². The number of nitrogens with zero attached hydrogens (tertiary/aromatic N) is 1. The second kappa shape index (κ2) is 7.05. The van der Waals surface area contributed by atoms with Gasteiger partial charge in [0.1, 0.15) is 11.4 Å². The lowest BCUT2D eigenvalue weighted by atomic mass is 10.0. The number of hydrogen-bond donors (Lipinski definition) is 2. The molecular formula is C18H15ClN2O5. The average molecular weight is 375 g/mol. The topological polar surface area (TPSA) is 102 Å². The summed E-state index contributed by atoms with van der Waals surface area (Å²) in [4.78, 5) is 28.5. The number of rotatable bonds is 4. The van der Waals surface area contributed by atoms with E-state index in [0.29, 0.717) is 21.8 Å². The summed E-state index contributed by atoms with van der Waals surface area (Å²) in [5.41, 5.74) is 0.374. The molecule has 7 nitrogen and oxygen atoms in total. The minimum atomic E-state index is -0.640. The molecule has 0 saturated carbocycles. The number of aromatic nitrogens is 1. The second-order valence-electron chi connectivity index (χ2n) is 5.60. The fourth-order valence-corrected chi connectivity index (χ4v) is 2.68. The standard InChI is InChI=1S/C18H15ClN2O5/c1-9-11-5-15(25-2)13(22)7-14(11)26-18(24)12(9)6-17(23)21-16-4-3-10(19)8-20-16/h3-5,7-8,22H,6H2,1-2H3,(H,20,21,23). The molecule has 2 aromatic heterocycles. The van der Waals surface area contributed by atoms with E-state index in [1.54, 1.807) is 25.1 Å². The van der Waals surface area contributed by atoms with Crippen molar-refractivity contribution in [2.75, 3.05) is 12.4 Å². The highest BCUT2D eigenvalue weighted by atomic mass is 35.5. The average Bonchev–Trinajstić information content (AvgIpc) is 2.60. The van der Waals surface area contributed by atoms with Crippen LogP contribution in [-0.2, 0) is 11.2 Å². The Kier molecular flexibility index (Phi) is 4.81. The smallest absolute Gasteiger partial charge is 0.340 e. The lowest BCUT2D eigenvalue weighted by Crippen LogP contribution is -2.21. The molecule has 2 N–H and O–H groups in total. The number of ether oxygens (including phenoxy) is 1. The van der Waals surface area contributed by atoms with Gasteiger partial charge in [0.2, 0.25) is 5.91 Å². The predicted molar refractivity (Wildman–Crippen MR) is 97.0 cm³/mol. The summed E-state index contributed by atoms with van der Waals surface area (Å²) in [5, 5.41) is 13.4. The van der Waals surface area contributed by atoms with Crippen LogP contribution in [0.4, 0.5) is 5.82 Å². The van der Waals surface area contributed by atoms with Crippen LogP contribution in [0.15, 0.2) is 39.7 Å². The number of benzene rings is 1. The van der Waals surface area contributed by atoms with Gasteiger partial charge in [0, 0.05) is 17.6 Å². The summed E-state index contributed by atoms with van der Waals surface area (Å²) >= 11 is 5.75. The molecule has 1 aromatic carbocycles. The van der Waals surface area contributed by atoms with Gasteiger partial charge in [-0.05, 0) is 30.7 Å². The zero-order valence-corrected chi connectivity index (χ0v) is 14.8. The quantitative estimate of drug-likeness (QED) is 0.680. The first-order valence-electron chi connectivity index (χ1n) is 7.63. The lowest BCUT2D eigenvalue weighted by Gasteiger charge is -2.10. The first kappa shape index (κ1) is 17.8. The Morgan fingerprint density at radius 2 is 2.15 bits per heavy atom. The molecule has 2 heterocycles. The molecule has 0 atom stereocenters. The van der Waals surface area contributed by atoms with Gasteiger partial charge in [0.15, 0.2) is 11.5 Å². The maximum atomic E-state index is 12.3. The molecule has 3 aromatic rings. The third-order valence-electron chi connectivity index (χ3n) is 3.92. The van der Waals surface area contributed by atoms with Crippen LogP contribution in [-0.4, -0.2) is 23.1 Å². The van der Waals surface area contributed by atoms with Gasteiger partial charge in [0.25, 0.3) is 0 Å². The third kappa shape index (κ3) is 3.48. The van der Waals surface area contributed by atoms with Crippen LogP contribution in [0.1, 0.15) is 11.1 Å². The van der Waals surface area contributed by atoms with E-state index in [1.165, 1.54) is 19.4 Å². The number of methoxy groups -OCH3 is 1. The van der Waals surface area contributed by atoms with Crippen LogP contribution in [0, 0.1) is 6.92 Å². The minimum absolute atomic E-state index is 0.137. The molecule has 0 saturated heterocycles. The van der Waals surface area contributed by atoms with Crippen molar-refractivity contribution < 1.29 is 19.1 Å². The first-order chi connectivity index (χ1) is 12.4. The summed E-state index contributed by atoms with van der Waals surface area (Å²) in [7, 11) is 1.42. The Labute approximate surface area is 153 Å². The molecule has 1 amide bonds. The Morgan fingerprint density at radius 1 is 1.38 bits per heavy atom. The van der Waals surface area contributed by atoms with E-state index < -0.39 is 11.5 Å². The van der Waals surface area contributed by atoms with E-state index in [9.17, 15) is 14.7 Å². The number of halogens is 1. The Hall–Kier alpha value is -3.06. The van der Waals surface area contributed by atoms with Crippen molar-refractivity contribution in [1.82, 2.24) is 4.98 Å². The lowest BCUT2D eigenvalue weighted by molar-refractivity contribution is -0.115. The Balaban J connectivity index is 1.94. The van der Waals surface area contributed by atoms with Gasteiger partial charge < -0.3 is 19.6 Å². The molecule has 0 radical (unpaired) electrons. The van der Waals surface area contributed by atoms with E-state index in [4.69, 9.17) is 20.8 Å². The number of amides is 1.